The van der Waals surface area contributed by atoms with Crippen molar-refractivity contribution in [2.75, 3.05) is 32.0 Å². The molecule has 142 valence electrons. The van der Waals surface area contributed by atoms with E-state index in [-0.39, 0.29) is 11.7 Å². The number of hydrogen-bond acceptors (Lipinski definition) is 6. The molecule has 7 heteroatoms. The van der Waals surface area contributed by atoms with Crippen molar-refractivity contribution in [1.29, 1.82) is 0 Å². The van der Waals surface area contributed by atoms with E-state index in [0.717, 1.165) is 38.0 Å². The molecule has 27 heavy (non-hydrogen) atoms. The third-order valence-electron chi connectivity index (χ3n) is 5.16. The van der Waals surface area contributed by atoms with E-state index in [1.54, 1.807) is 11.9 Å². The van der Waals surface area contributed by atoms with Gasteiger partial charge in [-0.05, 0) is 24.9 Å². The van der Waals surface area contributed by atoms with Gasteiger partial charge in [0.1, 0.15) is 5.60 Å². The molecule has 1 N–H and O–H groups in total. The second kappa shape index (κ2) is 7.52. The predicted octanol–water partition coefficient (Wildman–Crippen LogP) is 2.51. The Morgan fingerprint density at radius 3 is 2.63 bits per heavy atom. The van der Waals surface area contributed by atoms with E-state index in [0.29, 0.717) is 19.0 Å². The second-order valence-electron chi connectivity index (χ2n) is 7.48. The van der Waals surface area contributed by atoms with Gasteiger partial charge in [-0.25, -0.2) is 14.8 Å². The van der Waals surface area contributed by atoms with Crippen molar-refractivity contribution in [3.63, 3.8) is 0 Å². The number of rotatable bonds is 5. The highest BCUT2D eigenvalue weighted by molar-refractivity contribution is 5.70. The maximum Gasteiger partial charge on any atom is 0.410 e. The number of piperidine rings is 1. The number of ether oxygens (including phenoxy) is 1. The highest BCUT2D eigenvalue weighted by atomic mass is 16.6. The summed E-state index contributed by atoms with van der Waals surface area (Å²) in [7, 11) is 1.80. The smallest absolute Gasteiger partial charge is 0.410 e. The van der Waals surface area contributed by atoms with E-state index in [2.05, 4.69) is 32.3 Å². The van der Waals surface area contributed by atoms with Crippen molar-refractivity contribution in [2.45, 2.75) is 31.5 Å². The first-order valence-corrected chi connectivity index (χ1v) is 9.37. The van der Waals surface area contributed by atoms with Gasteiger partial charge in [-0.3, -0.25) is 4.90 Å². The van der Waals surface area contributed by atoms with E-state index in [9.17, 15) is 4.79 Å². The monoisotopic (exact) mass is 367 g/mol. The van der Waals surface area contributed by atoms with Gasteiger partial charge in [0.05, 0.1) is 6.54 Å². The molecule has 2 aliphatic heterocycles. The summed E-state index contributed by atoms with van der Waals surface area (Å²) in [4.78, 5) is 24.6. The molecule has 0 saturated carbocycles. The van der Waals surface area contributed by atoms with Crippen LogP contribution < -0.4 is 5.32 Å². The van der Waals surface area contributed by atoms with Gasteiger partial charge in [0, 0.05) is 44.6 Å². The molecule has 1 aromatic heterocycles. The van der Waals surface area contributed by atoms with Gasteiger partial charge in [-0.2, -0.15) is 0 Å². The largest absolute Gasteiger partial charge is 0.440 e. The van der Waals surface area contributed by atoms with Gasteiger partial charge in [-0.15, -0.1) is 0 Å². The Balaban J connectivity index is 1.32. The highest BCUT2D eigenvalue weighted by Crippen LogP contribution is 2.31. The van der Waals surface area contributed by atoms with Crippen molar-refractivity contribution < 1.29 is 9.53 Å². The summed E-state index contributed by atoms with van der Waals surface area (Å²) in [6.45, 7) is 3.89. The average Bonchev–Trinajstić information content (AvgIpc) is 2.95. The molecular weight excluding hydrogens is 342 g/mol. The summed E-state index contributed by atoms with van der Waals surface area (Å²) in [6, 6.07) is 10.2. The quantitative estimate of drug-likeness (QED) is 0.876. The molecule has 7 nitrogen and oxygen atoms in total. The lowest BCUT2D eigenvalue weighted by atomic mass is 9.92. The van der Waals surface area contributed by atoms with Gasteiger partial charge in [0.25, 0.3) is 0 Å². The van der Waals surface area contributed by atoms with E-state index in [4.69, 9.17) is 4.74 Å². The molecule has 0 aliphatic carbocycles. The lowest BCUT2D eigenvalue weighted by Gasteiger charge is -2.38. The number of hydrogen-bond donors (Lipinski definition) is 1. The number of nitrogens with one attached hydrogen (secondary N) is 1. The van der Waals surface area contributed by atoms with Crippen molar-refractivity contribution in [3.8, 4) is 0 Å². The van der Waals surface area contributed by atoms with E-state index >= 15 is 0 Å². The van der Waals surface area contributed by atoms with Crippen molar-refractivity contribution in [2.24, 2.45) is 0 Å². The van der Waals surface area contributed by atoms with Gasteiger partial charge >= 0.3 is 6.09 Å². The topological polar surface area (TPSA) is 70.6 Å². The first-order valence-electron chi connectivity index (χ1n) is 9.37. The minimum Gasteiger partial charge on any atom is -0.440 e. The molecule has 3 heterocycles. The van der Waals surface area contributed by atoms with Crippen LogP contribution in [-0.2, 0) is 17.8 Å². The number of carbonyl (C=O) groups excluding carboxylic acids is 1. The van der Waals surface area contributed by atoms with Gasteiger partial charge in [0.2, 0.25) is 5.95 Å². The maximum atomic E-state index is 11.8. The van der Waals surface area contributed by atoms with Crippen molar-refractivity contribution in [3.05, 3.63) is 53.9 Å². The average molecular weight is 367 g/mol. The number of likely N-dealkylation sites (N-methyl/N-ethyl adjacent to an activating group) is 1. The fourth-order valence-electron chi connectivity index (χ4n) is 3.89. The number of aromatic nitrogens is 2. The molecule has 4 rings (SSSR count). The van der Waals surface area contributed by atoms with Crippen LogP contribution in [0.3, 0.4) is 0 Å². The Morgan fingerprint density at radius 1 is 1.15 bits per heavy atom. The van der Waals surface area contributed by atoms with Crippen molar-refractivity contribution in [1.82, 2.24) is 19.8 Å². The molecule has 1 unspecified atom stereocenters. The molecule has 1 atom stereocenters. The number of benzene rings is 1. The van der Waals surface area contributed by atoms with Gasteiger partial charge in [-0.1, -0.05) is 30.3 Å². The van der Waals surface area contributed by atoms with Crippen LogP contribution in [0.15, 0.2) is 42.7 Å². The zero-order valence-corrected chi connectivity index (χ0v) is 15.6. The predicted molar refractivity (Wildman–Crippen MR) is 102 cm³/mol. The lowest BCUT2D eigenvalue weighted by Crippen LogP contribution is -2.50. The number of nitrogens with zero attached hydrogens (tertiary/aromatic N) is 4. The highest BCUT2D eigenvalue weighted by Gasteiger charge is 2.46. The number of carbonyl (C=O) groups is 1. The fourth-order valence-corrected chi connectivity index (χ4v) is 3.89. The van der Waals surface area contributed by atoms with Gasteiger partial charge < -0.3 is 15.0 Å². The molecule has 1 amide bonds. The number of likely N-dealkylation sites (tertiary alicyclic amines) is 1. The van der Waals surface area contributed by atoms with Crippen LogP contribution in [0.4, 0.5) is 10.7 Å². The number of anilines is 1. The van der Waals surface area contributed by atoms with Crippen LogP contribution in [0.2, 0.25) is 0 Å². The molecule has 2 aromatic rings. The SMILES string of the molecule is CN1CC2(CCCN(Cc3cnc(NCc4ccccc4)nc3)C2)OC1=O. The van der Waals surface area contributed by atoms with E-state index < -0.39 is 0 Å². The molecule has 0 bridgehead atoms. The van der Waals surface area contributed by atoms with E-state index in [1.165, 1.54) is 5.56 Å². The Kier molecular flexibility index (Phi) is 4.94. The first kappa shape index (κ1) is 17.7. The summed E-state index contributed by atoms with van der Waals surface area (Å²) in [5.74, 6) is 0.629. The lowest BCUT2D eigenvalue weighted by molar-refractivity contribution is -0.0114. The summed E-state index contributed by atoms with van der Waals surface area (Å²) >= 11 is 0. The maximum absolute atomic E-state index is 11.8. The van der Waals surface area contributed by atoms with E-state index in [1.807, 2.05) is 30.6 Å². The van der Waals surface area contributed by atoms with Crippen LogP contribution in [0.1, 0.15) is 24.0 Å². The molecule has 2 aliphatic rings. The van der Waals surface area contributed by atoms with Crippen LogP contribution in [-0.4, -0.2) is 58.1 Å². The summed E-state index contributed by atoms with van der Waals surface area (Å²) < 4.78 is 5.67. The van der Waals surface area contributed by atoms with Crippen LogP contribution in [0.25, 0.3) is 0 Å². The molecule has 2 fully saturated rings. The summed E-state index contributed by atoms with van der Waals surface area (Å²) in [5, 5.41) is 3.24. The Bertz CT molecular complexity index is 783. The Hall–Kier alpha value is -2.67. The van der Waals surface area contributed by atoms with Gasteiger partial charge in [0.15, 0.2) is 0 Å². The second-order valence-corrected chi connectivity index (χ2v) is 7.48. The normalized spacial score (nSPS) is 22.9. The molecule has 1 spiro atoms. The minimum atomic E-state index is -0.359. The number of amides is 1. The molecule has 2 saturated heterocycles. The zero-order chi connectivity index (χ0) is 18.7. The Morgan fingerprint density at radius 2 is 1.93 bits per heavy atom. The molecule has 0 radical (unpaired) electrons. The van der Waals surface area contributed by atoms with Crippen LogP contribution in [0, 0.1) is 0 Å². The van der Waals surface area contributed by atoms with Crippen molar-refractivity contribution >= 4 is 12.0 Å². The minimum absolute atomic E-state index is 0.214. The van der Waals surface area contributed by atoms with Crippen LogP contribution >= 0.6 is 0 Å². The fraction of sp³-hybridized carbons (Fsp3) is 0.450. The molecule has 1 aromatic carbocycles. The standard InChI is InChI=1S/C20H25N5O2/c1-24-14-20(27-19(24)26)8-5-9-25(15-20)13-17-11-22-18(23-12-17)21-10-16-6-3-2-4-7-16/h2-4,6-7,11-12H,5,8-10,13-15H2,1H3,(H,21,22,23). The van der Waals surface area contributed by atoms with Crippen LogP contribution in [0.5, 0.6) is 0 Å². The first-order chi connectivity index (χ1) is 13.1. The summed E-state index contributed by atoms with van der Waals surface area (Å²) in [5.41, 5.74) is 1.90. The third kappa shape index (κ3) is 4.19. The zero-order valence-electron chi connectivity index (χ0n) is 15.6. The Labute approximate surface area is 159 Å². The molecular formula is C20H25N5O2. The summed E-state index contributed by atoms with van der Waals surface area (Å²) in [6.07, 6.45) is 5.48. The third-order valence-corrected chi connectivity index (χ3v) is 5.16.